The number of hydrogen-bond donors (Lipinski definition) is 0. The van der Waals surface area contributed by atoms with Crippen LogP contribution in [0.25, 0.3) is 0 Å². The summed E-state index contributed by atoms with van der Waals surface area (Å²) in [4.78, 5) is 35.4. The molecule has 0 aromatic heterocycles. The predicted octanol–water partition coefficient (Wildman–Crippen LogP) is 0.699. The van der Waals surface area contributed by atoms with Crippen LogP contribution in [0.4, 0.5) is 0 Å². The number of nitrogens with zero attached hydrogens (tertiary/aromatic N) is 1. The molecule has 6 heteroatoms. The molecule has 0 saturated carbocycles. The van der Waals surface area contributed by atoms with Crippen LogP contribution in [0.15, 0.2) is 0 Å². The van der Waals surface area contributed by atoms with Crippen LogP contribution in [0.5, 0.6) is 0 Å². The quantitative estimate of drug-likeness (QED) is 0.547. The minimum absolute atomic E-state index is 0.0429. The van der Waals surface area contributed by atoms with Crippen molar-refractivity contribution in [2.45, 2.75) is 33.6 Å². The molecule has 1 rings (SSSR count). The monoisotopic (exact) mass is 257 g/mol. The number of rotatable bonds is 4. The summed E-state index contributed by atoms with van der Waals surface area (Å²) in [6, 6.07) is 0. The zero-order valence-corrected chi connectivity index (χ0v) is 11.0. The van der Waals surface area contributed by atoms with Gasteiger partial charge < -0.3 is 14.4 Å². The van der Waals surface area contributed by atoms with Crippen LogP contribution in [0, 0.1) is 5.41 Å². The van der Waals surface area contributed by atoms with Gasteiger partial charge in [0.1, 0.15) is 6.54 Å². The van der Waals surface area contributed by atoms with E-state index in [9.17, 15) is 14.4 Å². The van der Waals surface area contributed by atoms with Crippen molar-refractivity contribution in [2.24, 2.45) is 5.41 Å². The Morgan fingerprint density at radius 3 is 2.44 bits per heavy atom. The maximum absolute atomic E-state index is 11.4. The van der Waals surface area contributed by atoms with Crippen molar-refractivity contribution in [3.63, 3.8) is 0 Å². The molecule has 0 radical (unpaired) electrons. The summed E-state index contributed by atoms with van der Waals surface area (Å²) in [5, 5.41) is 0. The molecule has 1 amide bonds. The Kier molecular flexibility index (Phi) is 4.69. The fourth-order valence-electron chi connectivity index (χ4n) is 1.44. The Morgan fingerprint density at radius 1 is 1.28 bits per heavy atom. The molecule has 0 spiro atoms. The van der Waals surface area contributed by atoms with Gasteiger partial charge in [-0.25, -0.2) is 0 Å². The minimum Gasteiger partial charge on any atom is -0.427 e. The summed E-state index contributed by atoms with van der Waals surface area (Å²) in [6.07, 6.45) is 1.25. The van der Waals surface area contributed by atoms with Gasteiger partial charge in [0.15, 0.2) is 0 Å². The third kappa shape index (κ3) is 4.35. The van der Waals surface area contributed by atoms with E-state index in [4.69, 9.17) is 9.47 Å². The lowest BCUT2D eigenvalue weighted by molar-refractivity contribution is -0.174. The van der Waals surface area contributed by atoms with Crippen LogP contribution >= 0.6 is 0 Å². The van der Waals surface area contributed by atoms with Crippen molar-refractivity contribution in [3.05, 3.63) is 0 Å². The van der Waals surface area contributed by atoms with Gasteiger partial charge in [-0.1, -0.05) is 0 Å². The highest BCUT2D eigenvalue weighted by molar-refractivity contribution is 5.83. The van der Waals surface area contributed by atoms with Crippen molar-refractivity contribution in [3.8, 4) is 0 Å². The van der Waals surface area contributed by atoms with E-state index < -0.39 is 24.1 Å². The summed E-state index contributed by atoms with van der Waals surface area (Å²) in [5.41, 5.74) is -0.628. The second-order valence-corrected chi connectivity index (χ2v) is 5.23. The number of likely N-dealkylation sites (tertiary alicyclic amines) is 1. The Hall–Kier alpha value is -1.59. The molecule has 1 heterocycles. The number of amides is 1. The van der Waals surface area contributed by atoms with Gasteiger partial charge >= 0.3 is 11.9 Å². The first-order chi connectivity index (χ1) is 8.30. The Balaban J connectivity index is 2.22. The summed E-state index contributed by atoms with van der Waals surface area (Å²) >= 11 is 0. The van der Waals surface area contributed by atoms with E-state index in [1.165, 1.54) is 4.90 Å². The highest BCUT2D eigenvalue weighted by Crippen LogP contribution is 2.15. The van der Waals surface area contributed by atoms with Gasteiger partial charge in [0.05, 0.1) is 5.41 Å². The summed E-state index contributed by atoms with van der Waals surface area (Å²) in [7, 11) is 0. The Morgan fingerprint density at radius 2 is 1.94 bits per heavy atom. The highest BCUT2D eigenvalue weighted by Gasteiger charge is 2.25. The van der Waals surface area contributed by atoms with Gasteiger partial charge in [0.25, 0.3) is 0 Å². The van der Waals surface area contributed by atoms with Gasteiger partial charge in [-0.3, -0.25) is 14.4 Å². The molecule has 6 nitrogen and oxygen atoms in total. The molecule has 18 heavy (non-hydrogen) atoms. The first-order valence-corrected chi connectivity index (χ1v) is 5.91. The second kappa shape index (κ2) is 5.84. The standard InChI is InChI=1S/C12H19NO5/c1-12(2,3)11(16)18-8-17-10(15)7-13-6-4-5-9(13)14/h4-8H2,1-3H3. The van der Waals surface area contributed by atoms with Gasteiger partial charge in [-0.05, 0) is 27.2 Å². The van der Waals surface area contributed by atoms with Crippen LogP contribution in [-0.2, 0) is 23.9 Å². The lowest BCUT2D eigenvalue weighted by Gasteiger charge is -2.17. The first-order valence-electron chi connectivity index (χ1n) is 5.91. The number of carbonyl (C=O) groups excluding carboxylic acids is 3. The number of esters is 2. The predicted molar refractivity (Wildman–Crippen MR) is 62.3 cm³/mol. The van der Waals surface area contributed by atoms with Crippen LogP contribution < -0.4 is 0 Å². The molecule has 0 atom stereocenters. The lowest BCUT2D eigenvalue weighted by atomic mass is 9.98. The lowest BCUT2D eigenvalue weighted by Crippen LogP contribution is -2.32. The van der Waals surface area contributed by atoms with E-state index in [-0.39, 0.29) is 12.5 Å². The zero-order valence-electron chi connectivity index (χ0n) is 11.0. The largest absolute Gasteiger partial charge is 0.427 e. The van der Waals surface area contributed by atoms with E-state index in [1.807, 2.05) is 0 Å². The van der Waals surface area contributed by atoms with Crippen molar-refractivity contribution in [1.82, 2.24) is 4.90 Å². The Labute approximate surface area is 106 Å². The average molecular weight is 257 g/mol. The van der Waals surface area contributed by atoms with Gasteiger partial charge in [-0.2, -0.15) is 0 Å². The van der Waals surface area contributed by atoms with Crippen molar-refractivity contribution in [1.29, 1.82) is 0 Å². The van der Waals surface area contributed by atoms with E-state index in [1.54, 1.807) is 20.8 Å². The first kappa shape index (κ1) is 14.5. The van der Waals surface area contributed by atoms with E-state index >= 15 is 0 Å². The fraction of sp³-hybridized carbons (Fsp3) is 0.750. The van der Waals surface area contributed by atoms with E-state index in [2.05, 4.69) is 0 Å². The van der Waals surface area contributed by atoms with Gasteiger partial charge in [0.2, 0.25) is 12.7 Å². The van der Waals surface area contributed by atoms with Gasteiger partial charge in [-0.15, -0.1) is 0 Å². The normalized spacial score (nSPS) is 15.7. The highest BCUT2D eigenvalue weighted by atomic mass is 16.7. The Bertz CT molecular complexity index is 345. The van der Waals surface area contributed by atoms with Crippen LogP contribution in [0.2, 0.25) is 0 Å². The van der Waals surface area contributed by atoms with Crippen molar-refractivity contribution >= 4 is 17.8 Å². The number of ether oxygens (including phenoxy) is 2. The topological polar surface area (TPSA) is 72.9 Å². The number of carbonyl (C=O) groups is 3. The molecule has 1 aliphatic heterocycles. The zero-order chi connectivity index (χ0) is 13.8. The molecule has 0 unspecified atom stereocenters. The van der Waals surface area contributed by atoms with E-state index in [0.717, 1.165) is 6.42 Å². The van der Waals surface area contributed by atoms with Crippen LogP contribution in [-0.4, -0.2) is 42.6 Å². The second-order valence-electron chi connectivity index (χ2n) is 5.23. The summed E-state index contributed by atoms with van der Waals surface area (Å²) in [6.45, 7) is 5.22. The average Bonchev–Trinajstić information content (AvgIpc) is 2.63. The molecule has 0 aromatic rings. The number of hydrogen-bond acceptors (Lipinski definition) is 5. The maximum Gasteiger partial charge on any atom is 0.328 e. The maximum atomic E-state index is 11.4. The fourth-order valence-corrected chi connectivity index (χ4v) is 1.44. The molecule has 1 aliphatic rings. The van der Waals surface area contributed by atoms with Crippen LogP contribution in [0.3, 0.4) is 0 Å². The molecule has 0 N–H and O–H groups in total. The third-order valence-electron chi connectivity index (χ3n) is 2.51. The molecule has 102 valence electrons. The molecular weight excluding hydrogens is 238 g/mol. The molecule has 0 aromatic carbocycles. The SMILES string of the molecule is CC(C)(C)C(=O)OCOC(=O)CN1CCCC1=O. The molecule has 1 fully saturated rings. The smallest absolute Gasteiger partial charge is 0.328 e. The molecular formula is C12H19NO5. The summed E-state index contributed by atoms with van der Waals surface area (Å²) < 4.78 is 9.53. The van der Waals surface area contributed by atoms with Gasteiger partial charge in [0, 0.05) is 13.0 Å². The third-order valence-corrected chi connectivity index (χ3v) is 2.51. The summed E-state index contributed by atoms with van der Waals surface area (Å²) in [5.74, 6) is -1.04. The minimum atomic E-state index is -0.628. The van der Waals surface area contributed by atoms with E-state index in [0.29, 0.717) is 13.0 Å². The van der Waals surface area contributed by atoms with Crippen molar-refractivity contribution < 1.29 is 23.9 Å². The molecule has 1 saturated heterocycles. The molecule has 0 bridgehead atoms. The molecule has 0 aliphatic carbocycles. The van der Waals surface area contributed by atoms with Crippen LogP contribution in [0.1, 0.15) is 33.6 Å². The van der Waals surface area contributed by atoms with Crippen molar-refractivity contribution in [2.75, 3.05) is 19.9 Å².